The first-order valence-electron chi connectivity index (χ1n) is 4.50. The van der Waals surface area contributed by atoms with E-state index in [1.807, 2.05) is 5.32 Å². The molecule has 16 heavy (non-hydrogen) atoms. The summed E-state index contributed by atoms with van der Waals surface area (Å²) in [4.78, 5) is 22.5. The molecule has 0 unspecified atom stereocenters. The number of sulfonamides is 1. The Labute approximate surface area is 95.2 Å². The first-order chi connectivity index (χ1) is 6.93. The third-order valence-electron chi connectivity index (χ3n) is 1.49. The molecule has 7 nitrogen and oxygen atoms in total. The van der Waals surface area contributed by atoms with Crippen molar-refractivity contribution in [3.63, 3.8) is 0 Å². The van der Waals surface area contributed by atoms with Crippen LogP contribution in [-0.2, 0) is 10.0 Å². The number of carbonyl (C=O) groups excluding carboxylic acids is 2. The summed E-state index contributed by atoms with van der Waals surface area (Å²) in [5.74, 6) is 0. The molecule has 0 aliphatic heterocycles. The van der Waals surface area contributed by atoms with Gasteiger partial charge in [0, 0.05) is 12.6 Å². The summed E-state index contributed by atoms with van der Waals surface area (Å²) in [6.45, 7) is 5.20. The van der Waals surface area contributed by atoms with Crippen LogP contribution in [0.15, 0.2) is 0 Å². The standard InChI is InChI=1S/C8H17N3O4S/c1-8(2,3)10-6(12)9-7(13)11(4)16(5,14)15/h1-5H3,(H2,9,10,12,13). The Morgan fingerprint density at radius 2 is 1.62 bits per heavy atom. The van der Waals surface area contributed by atoms with Crippen LogP contribution in [-0.4, -0.2) is 43.6 Å². The monoisotopic (exact) mass is 251 g/mol. The molecule has 0 saturated heterocycles. The zero-order chi connectivity index (χ0) is 13.1. The van der Waals surface area contributed by atoms with E-state index < -0.39 is 27.6 Å². The van der Waals surface area contributed by atoms with Gasteiger partial charge in [0.05, 0.1) is 6.26 Å². The fraction of sp³-hybridized carbons (Fsp3) is 0.750. The van der Waals surface area contributed by atoms with Crippen LogP contribution in [0.5, 0.6) is 0 Å². The maximum absolute atomic E-state index is 11.3. The lowest BCUT2D eigenvalue weighted by molar-refractivity contribution is 0.215. The van der Waals surface area contributed by atoms with Gasteiger partial charge in [-0.05, 0) is 20.8 Å². The van der Waals surface area contributed by atoms with Crippen molar-refractivity contribution in [3.8, 4) is 0 Å². The lowest BCUT2D eigenvalue weighted by Crippen LogP contribution is -2.51. The van der Waals surface area contributed by atoms with Crippen LogP contribution in [0, 0.1) is 0 Å². The van der Waals surface area contributed by atoms with Crippen molar-refractivity contribution < 1.29 is 18.0 Å². The number of rotatable bonds is 1. The third-order valence-corrected chi connectivity index (χ3v) is 2.65. The van der Waals surface area contributed by atoms with Gasteiger partial charge in [0.25, 0.3) is 0 Å². The molecule has 0 aromatic heterocycles. The van der Waals surface area contributed by atoms with Crippen LogP contribution in [0.4, 0.5) is 9.59 Å². The van der Waals surface area contributed by atoms with Crippen LogP contribution in [0.1, 0.15) is 20.8 Å². The van der Waals surface area contributed by atoms with Crippen molar-refractivity contribution >= 4 is 22.1 Å². The Morgan fingerprint density at radius 3 is 1.94 bits per heavy atom. The van der Waals surface area contributed by atoms with Crippen LogP contribution in [0.2, 0.25) is 0 Å². The molecule has 0 aliphatic carbocycles. The van der Waals surface area contributed by atoms with E-state index in [0.717, 1.165) is 13.3 Å². The van der Waals surface area contributed by atoms with Gasteiger partial charge in [-0.2, -0.15) is 0 Å². The quantitative estimate of drug-likeness (QED) is 0.690. The molecular formula is C8H17N3O4S. The molecule has 0 aromatic rings. The van der Waals surface area contributed by atoms with E-state index in [2.05, 4.69) is 5.32 Å². The van der Waals surface area contributed by atoms with E-state index in [1.165, 1.54) is 0 Å². The molecule has 0 bridgehead atoms. The molecule has 0 fully saturated rings. The van der Waals surface area contributed by atoms with Gasteiger partial charge >= 0.3 is 12.1 Å². The van der Waals surface area contributed by atoms with Gasteiger partial charge in [0.1, 0.15) is 0 Å². The van der Waals surface area contributed by atoms with Gasteiger partial charge in [0.15, 0.2) is 0 Å². The zero-order valence-electron chi connectivity index (χ0n) is 9.99. The van der Waals surface area contributed by atoms with E-state index in [-0.39, 0.29) is 0 Å². The van der Waals surface area contributed by atoms with Crippen molar-refractivity contribution in [1.29, 1.82) is 0 Å². The van der Waals surface area contributed by atoms with Crippen molar-refractivity contribution in [2.24, 2.45) is 0 Å². The molecule has 0 spiro atoms. The number of hydrogen-bond acceptors (Lipinski definition) is 4. The van der Waals surface area contributed by atoms with Crippen LogP contribution in [0.3, 0.4) is 0 Å². The highest BCUT2D eigenvalue weighted by Crippen LogP contribution is 1.98. The lowest BCUT2D eigenvalue weighted by Gasteiger charge is -2.21. The second-order valence-corrected chi connectivity index (χ2v) is 6.38. The van der Waals surface area contributed by atoms with Gasteiger partial charge in [-0.3, -0.25) is 5.32 Å². The van der Waals surface area contributed by atoms with Crippen molar-refractivity contribution in [1.82, 2.24) is 14.9 Å². The largest absolute Gasteiger partial charge is 0.338 e. The highest BCUT2D eigenvalue weighted by Gasteiger charge is 2.22. The maximum atomic E-state index is 11.3. The minimum Gasteiger partial charge on any atom is -0.333 e. The van der Waals surface area contributed by atoms with Crippen LogP contribution in [0.25, 0.3) is 0 Å². The second-order valence-electron chi connectivity index (χ2n) is 4.36. The lowest BCUT2D eigenvalue weighted by atomic mass is 10.1. The first kappa shape index (κ1) is 14.7. The molecular weight excluding hydrogens is 234 g/mol. The number of urea groups is 2. The topological polar surface area (TPSA) is 95.6 Å². The Bertz CT molecular complexity index is 383. The number of nitrogens with zero attached hydrogens (tertiary/aromatic N) is 1. The summed E-state index contributed by atoms with van der Waals surface area (Å²) in [5.41, 5.74) is -0.506. The number of hydrogen-bond donors (Lipinski definition) is 2. The number of amides is 4. The SMILES string of the molecule is CN(C(=O)NC(=O)NC(C)(C)C)S(C)(=O)=O. The van der Waals surface area contributed by atoms with Gasteiger partial charge in [-0.1, -0.05) is 0 Å². The normalized spacial score (nSPS) is 11.8. The highest BCUT2D eigenvalue weighted by atomic mass is 32.2. The Balaban J connectivity index is 4.43. The molecule has 0 atom stereocenters. The molecule has 0 radical (unpaired) electrons. The van der Waals surface area contributed by atoms with Gasteiger partial charge in [-0.25, -0.2) is 22.3 Å². The third kappa shape index (κ3) is 5.54. The molecule has 2 N–H and O–H groups in total. The van der Waals surface area contributed by atoms with E-state index in [0.29, 0.717) is 4.31 Å². The van der Waals surface area contributed by atoms with E-state index in [4.69, 9.17) is 0 Å². The minimum atomic E-state index is -3.65. The number of imide groups is 1. The highest BCUT2D eigenvalue weighted by molar-refractivity contribution is 7.88. The molecule has 94 valence electrons. The average molecular weight is 251 g/mol. The van der Waals surface area contributed by atoms with Crippen LogP contribution >= 0.6 is 0 Å². The predicted octanol–water partition coefficient (Wildman–Crippen LogP) is 0.0955. The Morgan fingerprint density at radius 1 is 1.19 bits per heavy atom. The predicted molar refractivity (Wildman–Crippen MR) is 59.4 cm³/mol. The molecule has 0 aliphatic rings. The molecule has 0 saturated carbocycles. The number of nitrogens with one attached hydrogen (secondary N) is 2. The first-order valence-corrected chi connectivity index (χ1v) is 6.35. The summed E-state index contributed by atoms with van der Waals surface area (Å²) in [5, 5.41) is 4.36. The van der Waals surface area contributed by atoms with Gasteiger partial charge in [-0.15, -0.1) is 0 Å². The molecule has 0 aromatic carbocycles. The van der Waals surface area contributed by atoms with E-state index >= 15 is 0 Å². The molecule has 4 amide bonds. The van der Waals surface area contributed by atoms with E-state index in [9.17, 15) is 18.0 Å². The summed E-state index contributed by atoms with van der Waals surface area (Å²) in [6.07, 6.45) is 0.869. The summed E-state index contributed by atoms with van der Waals surface area (Å²) >= 11 is 0. The van der Waals surface area contributed by atoms with Crippen molar-refractivity contribution in [2.75, 3.05) is 13.3 Å². The maximum Gasteiger partial charge on any atom is 0.338 e. The molecule has 8 heteroatoms. The Hall–Kier alpha value is -1.31. The second kappa shape index (κ2) is 4.69. The summed E-state index contributed by atoms with van der Waals surface area (Å²) in [6, 6.07) is -1.74. The summed E-state index contributed by atoms with van der Waals surface area (Å²) < 4.78 is 22.4. The summed E-state index contributed by atoms with van der Waals surface area (Å²) in [7, 11) is -2.59. The average Bonchev–Trinajstić information content (AvgIpc) is 1.96. The van der Waals surface area contributed by atoms with Gasteiger partial charge in [0.2, 0.25) is 10.0 Å². The Kier molecular flexibility index (Phi) is 4.30. The zero-order valence-corrected chi connectivity index (χ0v) is 10.8. The van der Waals surface area contributed by atoms with E-state index in [1.54, 1.807) is 20.8 Å². The fourth-order valence-electron chi connectivity index (χ4n) is 0.698. The smallest absolute Gasteiger partial charge is 0.333 e. The number of carbonyl (C=O) groups is 2. The minimum absolute atomic E-state index is 0.454. The fourth-order valence-corrected chi connectivity index (χ4v) is 1.05. The van der Waals surface area contributed by atoms with Crippen LogP contribution < -0.4 is 10.6 Å². The molecule has 0 rings (SSSR count). The van der Waals surface area contributed by atoms with Crippen molar-refractivity contribution in [3.05, 3.63) is 0 Å². The van der Waals surface area contributed by atoms with Gasteiger partial charge < -0.3 is 5.32 Å². The molecule has 0 heterocycles. The van der Waals surface area contributed by atoms with Crippen molar-refractivity contribution in [2.45, 2.75) is 26.3 Å².